The number of ether oxygens (including phenoxy) is 2. The highest BCUT2D eigenvalue weighted by atomic mass is 19.4. The molecule has 1 N–H and O–H groups in total. The molecule has 8 atom stereocenters. The Kier molecular flexibility index (Phi) is 7.16. The molecule has 0 spiro atoms. The van der Waals surface area contributed by atoms with Crippen LogP contribution in [0.5, 0.6) is 0 Å². The second kappa shape index (κ2) is 9.57. The summed E-state index contributed by atoms with van der Waals surface area (Å²) in [6, 6.07) is 0. The van der Waals surface area contributed by atoms with Crippen molar-refractivity contribution in [1.29, 1.82) is 0 Å². The van der Waals surface area contributed by atoms with Gasteiger partial charge in [0.05, 0.1) is 0 Å². The van der Waals surface area contributed by atoms with Gasteiger partial charge in [-0.3, -0.25) is 9.59 Å². The minimum Gasteiger partial charge on any atom is -0.456 e. The summed E-state index contributed by atoms with van der Waals surface area (Å²) in [5.41, 5.74) is -2.18. The summed E-state index contributed by atoms with van der Waals surface area (Å²) in [5, 5.41) is 9.91. The van der Waals surface area contributed by atoms with Gasteiger partial charge in [0.15, 0.2) is 17.7 Å². The summed E-state index contributed by atoms with van der Waals surface area (Å²) in [4.78, 5) is 48.1. The molecule has 7 nitrogen and oxygen atoms in total. The van der Waals surface area contributed by atoms with E-state index < -0.39 is 65.1 Å². The number of fused-ring (bicyclic) bond motifs is 5. The lowest BCUT2D eigenvalue weighted by atomic mass is 9.46. The van der Waals surface area contributed by atoms with Crippen molar-refractivity contribution in [3.63, 3.8) is 0 Å². The van der Waals surface area contributed by atoms with Crippen LogP contribution in [0.3, 0.4) is 0 Å². The monoisotopic (exact) mass is 544 g/mol. The largest absolute Gasteiger partial charge is 0.490 e. The molecule has 0 bridgehead atoms. The van der Waals surface area contributed by atoms with Crippen molar-refractivity contribution in [3.8, 4) is 0 Å². The van der Waals surface area contributed by atoms with Gasteiger partial charge in [0.1, 0.15) is 18.4 Å². The van der Waals surface area contributed by atoms with Crippen molar-refractivity contribution < 1.29 is 51.3 Å². The summed E-state index contributed by atoms with van der Waals surface area (Å²) in [5.74, 6) is -5.42. The normalized spacial score (nSPS) is 37.7. The van der Waals surface area contributed by atoms with Crippen molar-refractivity contribution in [1.82, 2.24) is 0 Å². The third-order valence-electron chi connectivity index (χ3n) is 9.62. The average Bonchev–Trinajstić information content (AvgIpc) is 3.19. The molecule has 0 radical (unpaired) electrons. The van der Waals surface area contributed by atoms with Gasteiger partial charge in [-0.25, -0.2) is 14.0 Å². The Hall–Kier alpha value is -2.56. The fraction of sp³-hybridized carbons (Fsp3) is 0.704. The second-order valence-corrected chi connectivity index (χ2v) is 11.5. The Labute approximate surface area is 217 Å². The Morgan fingerprint density at radius 1 is 1.13 bits per heavy atom. The van der Waals surface area contributed by atoms with Crippen LogP contribution < -0.4 is 0 Å². The first-order valence-electron chi connectivity index (χ1n) is 12.8. The maximum atomic E-state index is 16.9. The molecule has 4 rings (SSSR count). The summed E-state index contributed by atoms with van der Waals surface area (Å²) in [6.07, 6.45) is -1.80. The van der Waals surface area contributed by atoms with Gasteiger partial charge in [-0.15, -0.1) is 0 Å². The van der Waals surface area contributed by atoms with E-state index in [1.165, 1.54) is 6.08 Å². The van der Waals surface area contributed by atoms with E-state index in [0.29, 0.717) is 32.1 Å². The summed E-state index contributed by atoms with van der Waals surface area (Å²) in [6.45, 7) is 3.99. The first-order chi connectivity index (χ1) is 17.5. The van der Waals surface area contributed by atoms with Crippen LogP contribution in [0.4, 0.5) is 17.6 Å². The number of aliphatic hydroxyl groups is 1. The topological polar surface area (TPSA) is 107 Å². The van der Waals surface area contributed by atoms with Crippen LogP contribution in [0, 0.1) is 28.6 Å². The Morgan fingerprint density at radius 3 is 2.47 bits per heavy atom. The fourth-order valence-corrected chi connectivity index (χ4v) is 7.44. The maximum Gasteiger partial charge on any atom is 0.490 e. The molecule has 2 unspecified atom stereocenters. The quantitative estimate of drug-likeness (QED) is 0.398. The van der Waals surface area contributed by atoms with Crippen LogP contribution in [-0.2, 0) is 28.7 Å². The number of allylic oxidation sites excluding steroid dienone is 4. The lowest BCUT2D eigenvalue weighted by Crippen LogP contribution is -2.60. The Bertz CT molecular complexity index is 1100. The predicted octanol–water partition coefficient (Wildman–Crippen LogP) is 3.97. The first kappa shape index (κ1) is 28.4. The molecular formula is C27H32F4O7. The smallest absolute Gasteiger partial charge is 0.456 e. The van der Waals surface area contributed by atoms with Crippen LogP contribution in [0.15, 0.2) is 23.8 Å². The molecule has 38 heavy (non-hydrogen) atoms. The molecule has 4 aliphatic rings. The van der Waals surface area contributed by atoms with E-state index >= 15 is 4.39 Å². The molecule has 3 fully saturated rings. The molecule has 3 saturated carbocycles. The predicted molar refractivity (Wildman–Crippen MR) is 124 cm³/mol. The van der Waals surface area contributed by atoms with E-state index in [-0.39, 0.29) is 24.0 Å². The zero-order valence-electron chi connectivity index (χ0n) is 21.5. The number of carbonyl (C=O) groups is 4. The standard InChI is InChI=1S/C27H32F4O7/c1-14(38-23(36)27(29,30)31)21(34)22(35)37-13-20(33)19-7-6-17-18-5-4-15-12-16(32)8-9-25(15,3)26(18,28)11-10-24(17,19)2/h8-9,12,14,17-19,21,34H,4-7,10-11,13H2,1-3H3/t14?,17-,18-,19+,21?,24-,25-,26+/m0/s1. The van der Waals surface area contributed by atoms with Gasteiger partial charge in [0, 0.05) is 11.3 Å². The molecule has 0 saturated heterocycles. The van der Waals surface area contributed by atoms with E-state index in [0.717, 1.165) is 12.5 Å². The van der Waals surface area contributed by atoms with Gasteiger partial charge in [0.25, 0.3) is 0 Å². The van der Waals surface area contributed by atoms with Crippen molar-refractivity contribution in [2.75, 3.05) is 6.61 Å². The molecule has 0 aliphatic heterocycles. The van der Waals surface area contributed by atoms with Crippen molar-refractivity contribution in [2.24, 2.45) is 28.6 Å². The Balaban J connectivity index is 1.40. The number of alkyl halides is 4. The highest BCUT2D eigenvalue weighted by Gasteiger charge is 2.67. The lowest BCUT2D eigenvalue weighted by molar-refractivity contribution is -0.209. The van der Waals surface area contributed by atoms with Gasteiger partial charge in [-0.2, -0.15) is 13.2 Å². The van der Waals surface area contributed by atoms with Gasteiger partial charge in [0.2, 0.25) is 0 Å². The number of hydrogen-bond acceptors (Lipinski definition) is 7. The van der Waals surface area contributed by atoms with Crippen molar-refractivity contribution in [2.45, 2.75) is 83.3 Å². The highest BCUT2D eigenvalue weighted by Crippen LogP contribution is 2.68. The minimum absolute atomic E-state index is 0.0947. The van der Waals surface area contributed by atoms with E-state index in [4.69, 9.17) is 4.74 Å². The molecule has 0 aromatic rings. The lowest BCUT2D eigenvalue weighted by Gasteiger charge is -2.60. The zero-order chi connectivity index (χ0) is 28.3. The number of hydrogen-bond donors (Lipinski definition) is 1. The fourth-order valence-electron chi connectivity index (χ4n) is 7.44. The number of Topliss-reactive ketones (excluding diaryl/α,β-unsaturated/α-hetero) is 1. The average molecular weight is 545 g/mol. The molecule has 4 aliphatic carbocycles. The number of carbonyl (C=O) groups excluding carboxylic acids is 4. The summed E-state index contributed by atoms with van der Waals surface area (Å²) < 4.78 is 62.9. The second-order valence-electron chi connectivity index (χ2n) is 11.5. The van der Waals surface area contributed by atoms with Gasteiger partial charge in [-0.05, 0) is 81.8 Å². The number of rotatable bonds is 6. The molecule has 0 amide bonds. The molecule has 11 heteroatoms. The number of halogens is 4. The summed E-state index contributed by atoms with van der Waals surface area (Å²) in [7, 11) is 0. The van der Waals surface area contributed by atoms with Crippen LogP contribution in [-0.4, -0.2) is 59.3 Å². The van der Waals surface area contributed by atoms with Crippen molar-refractivity contribution >= 4 is 23.5 Å². The van der Waals surface area contributed by atoms with E-state index in [1.807, 2.05) is 13.8 Å². The number of aliphatic hydroxyl groups excluding tert-OH is 1. The van der Waals surface area contributed by atoms with Gasteiger partial charge in [-0.1, -0.05) is 18.6 Å². The van der Waals surface area contributed by atoms with Crippen molar-refractivity contribution in [3.05, 3.63) is 23.8 Å². The third-order valence-corrected chi connectivity index (χ3v) is 9.62. The molecule has 0 heterocycles. The van der Waals surface area contributed by atoms with Crippen LogP contribution in [0.1, 0.15) is 59.3 Å². The number of esters is 2. The first-order valence-corrected chi connectivity index (χ1v) is 12.8. The zero-order valence-corrected chi connectivity index (χ0v) is 21.5. The van der Waals surface area contributed by atoms with Gasteiger partial charge >= 0.3 is 18.1 Å². The maximum absolute atomic E-state index is 16.9. The number of ketones is 2. The SMILES string of the molecule is CC(OC(=O)C(F)(F)F)C(O)C(=O)OCC(=O)[C@H]1CC[C@H]2[C@@H]3CCC4=CC(=O)C=C[C@]4(C)[C@@]3(F)CC[C@]12C. The minimum atomic E-state index is -5.29. The summed E-state index contributed by atoms with van der Waals surface area (Å²) >= 11 is 0. The molecule has 0 aromatic carbocycles. The van der Waals surface area contributed by atoms with Crippen LogP contribution >= 0.6 is 0 Å². The molecule has 210 valence electrons. The molecular weight excluding hydrogens is 512 g/mol. The van der Waals surface area contributed by atoms with Gasteiger partial charge < -0.3 is 14.6 Å². The third kappa shape index (κ3) is 4.50. The Morgan fingerprint density at radius 2 is 1.82 bits per heavy atom. The van der Waals surface area contributed by atoms with Crippen LogP contribution in [0.25, 0.3) is 0 Å². The van der Waals surface area contributed by atoms with E-state index in [2.05, 4.69) is 4.74 Å². The van der Waals surface area contributed by atoms with Crippen LogP contribution in [0.2, 0.25) is 0 Å². The van der Waals surface area contributed by atoms with E-state index in [1.54, 1.807) is 12.2 Å². The molecule has 0 aromatic heterocycles. The van der Waals surface area contributed by atoms with E-state index in [9.17, 15) is 37.5 Å². The highest BCUT2D eigenvalue weighted by molar-refractivity contribution is 6.01.